The van der Waals surface area contributed by atoms with Gasteiger partial charge < -0.3 is 11.1 Å². The van der Waals surface area contributed by atoms with Crippen molar-refractivity contribution in [2.75, 3.05) is 19.6 Å². The first-order valence-corrected chi connectivity index (χ1v) is 8.47. The van der Waals surface area contributed by atoms with E-state index in [9.17, 15) is 0 Å². The van der Waals surface area contributed by atoms with Crippen LogP contribution < -0.4 is 11.1 Å². The lowest BCUT2D eigenvalue weighted by atomic mass is 9.92. The molecule has 3 N–H and O–H groups in total. The van der Waals surface area contributed by atoms with Gasteiger partial charge in [0.25, 0.3) is 0 Å². The highest BCUT2D eigenvalue weighted by Crippen LogP contribution is 2.16. The number of hydrogen-bond donors (Lipinski definition) is 2. The van der Waals surface area contributed by atoms with E-state index in [2.05, 4.69) is 26.1 Å². The summed E-state index contributed by atoms with van der Waals surface area (Å²) in [4.78, 5) is 0. The highest BCUT2D eigenvalue weighted by Gasteiger charge is 2.08. The zero-order chi connectivity index (χ0) is 14.4. The Morgan fingerprint density at radius 3 is 1.63 bits per heavy atom. The van der Waals surface area contributed by atoms with Crippen LogP contribution in [0, 0.1) is 5.41 Å². The highest BCUT2D eigenvalue weighted by molar-refractivity contribution is 4.63. The van der Waals surface area contributed by atoms with E-state index in [0.717, 1.165) is 6.54 Å². The molecule has 0 aliphatic rings. The van der Waals surface area contributed by atoms with Gasteiger partial charge in [0, 0.05) is 0 Å². The Morgan fingerprint density at radius 1 is 0.684 bits per heavy atom. The molecular weight excluding hydrogens is 232 g/mol. The van der Waals surface area contributed by atoms with Crippen molar-refractivity contribution in [2.45, 2.75) is 85.0 Å². The van der Waals surface area contributed by atoms with Crippen molar-refractivity contribution in [1.29, 1.82) is 0 Å². The summed E-state index contributed by atoms with van der Waals surface area (Å²) >= 11 is 0. The summed E-state index contributed by atoms with van der Waals surface area (Å²) in [6.07, 6.45) is 13.6. The molecule has 0 fully saturated rings. The zero-order valence-electron chi connectivity index (χ0n) is 13.8. The maximum absolute atomic E-state index is 5.48. The Bertz CT molecular complexity index is 173. The van der Waals surface area contributed by atoms with E-state index in [-0.39, 0.29) is 0 Å². The van der Waals surface area contributed by atoms with Gasteiger partial charge in [-0.15, -0.1) is 0 Å². The first-order valence-electron chi connectivity index (χ1n) is 8.47. The van der Waals surface area contributed by atoms with Gasteiger partial charge in [0.2, 0.25) is 0 Å². The lowest BCUT2D eigenvalue weighted by molar-refractivity contribution is 0.366. The molecule has 19 heavy (non-hydrogen) atoms. The average molecular weight is 271 g/mol. The van der Waals surface area contributed by atoms with Crippen LogP contribution in [0.1, 0.15) is 85.0 Å². The van der Waals surface area contributed by atoms with Crippen molar-refractivity contribution in [3.63, 3.8) is 0 Å². The number of rotatable bonds is 13. The predicted molar refractivity (Wildman–Crippen MR) is 87.5 cm³/mol. The van der Waals surface area contributed by atoms with Crippen molar-refractivity contribution in [1.82, 2.24) is 5.32 Å². The summed E-state index contributed by atoms with van der Waals surface area (Å²) in [6.45, 7) is 10.2. The molecule has 0 aliphatic carbocycles. The third kappa shape index (κ3) is 17.9. The molecule has 0 saturated heterocycles. The summed E-state index contributed by atoms with van der Waals surface area (Å²) in [5.74, 6) is 0. The predicted octanol–water partition coefficient (Wildman–Crippen LogP) is 4.48. The second-order valence-electron chi connectivity index (χ2n) is 7.03. The third-order valence-electron chi connectivity index (χ3n) is 3.61. The number of unbranched alkanes of at least 4 members (excludes halogenated alkanes) is 8. The Labute approximate surface area is 121 Å². The van der Waals surface area contributed by atoms with Crippen LogP contribution in [0.15, 0.2) is 0 Å². The Kier molecular flexibility index (Phi) is 12.9. The molecule has 0 aromatic carbocycles. The van der Waals surface area contributed by atoms with Gasteiger partial charge in [-0.05, 0) is 44.3 Å². The Balaban J connectivity index is 2.99. The smallest absolute Gasteiger partial charge is 0.00439 e. The molecule has 0 aromatic rings. The molecule has 0 bridgehead atoms. The summed E-state index contributed by atoms with van der Waals surface area (Å²) in [6, 6.07) is 0. The lowest BCUT2D eigenvalue weighted by Crippen LogP contribution is -2.21. The normalized spacial score (nSPS) is 12.0. The van der Waals surface area contributed by atoms with Crippen LogP contribution in [0.3, 0.4) is 0 Å². The minimum Gasteiger partial charge on any atom is -0.330 e. The average Bonchev–Trinajstić information content (AvgIpc) is 2.34. The van der Waals surface area contributed by atoms with Crippen LogP contribution in [0.25, 0.3) is 0 Å². The lowest BCUT2D eigenvalue weighted by Gasteiger charge is -2.17. The van der Waals surface area contributed by atoms with Crippen LogP contribution in [0.4, 0.5) is 0 Å². The Morgan fingerprint density at radius 2 is 1.16 bits per heavy atom. The van der Waals surface area contributed by atoms with E-state index in [4.69, 9.17) is 5.73 Å². The van der Waals surface area contributed by atoms with Crippen molar-refractivity contribution in [2.24, 2.45) is 11.1 Å². The number of nitrogens with one attached hydrogen (secondary N) is 1. The van der Waals surface area contributed by atoms with E-state index in [0.29, 0.717) is 5.41 Å². The molecule has 2 heteroatoms. The van der Waals surface area contributed by atoms with E-state index in [1.165, 1.54) is 77.3 Å². The standard InChI is InChI=1S/C17H38N2/c1-17(2,3)13-16-19-15-12-10-8-6-4-5-7-9-11-14-18/h19H,4-16,18H2,1-3H3. The van der Waals surface area contributed by atoms with Gasteiger partial charge in [-0.25, -0.2) is 0 Å². The van der Waals surface area contributed by atoms with Crippen LogP contribution >= 0.6 is 0 Å². The molecule has 0 heterocycles. The van der Waals surface area contributed by atoms with Crippen LogP contribution in [0.2, 0.25) is 0 Å². The van der Waals surface area contributed by atoms with Gasteiger partial charge in [0.1, 0.15) is 0 Å². The second kappa shape index (κ2) is 12.9. The van der Waals surface area contributed by atoms with Gasteiger partial charge in [-0.3, -0.25) is 0 Å². The first kappa shape index (κ1) is 18.9. The number of nitrogens with two attached hydrogens (primary N) is 1. The van der Waals surface area contributed by atoms with E-state index < -0.39 is 0 Å². The fourth-order valence-corrected chi connectivity index (χ4v) is 2.22. The molecule has 0 aromatic heterocycles. The van der Waals surface area contributed by atoms with Gasteiger partial charge in [-0.2, -0.15) is 0 Å². The van der Waals surface area contributed by atoms with Crippen LogP contribution in [0.5, 0.6) is 0 Å². The summed E-state index contributed by atoms with van der Waals surface area (Å²) < 4.78 is 0. The number of hydrogen-bond acceptors (Lipinski definition) is 2. The van der Waals surface area contributed by atoms with Crippen molar-refractivity contribution >= 4 is 0 Å². The molecule has 0 atom stereocenters. The maximum Gasteiger partial charge on any atom is -0.00439 e. The van der Waals surface area contributed by atoms with Crippen molar-refractivity contribution < 1.29 is 0 Å². The Hall–Kier alpha value is -0.0800. The minimum absolute atomic E-state index is 0.469. The molecule has 0 rings (SSSR count). The highest BCUT2D eigenvalue weighted by atomic mass is 14.8. The molecule has 0 saturated carbocycles. The van der Waals surface area contributed by atoms with Gasteiger partial charge in [0.05, 0.1) is 0 Å². The van der Waals surface area contributed by atoms with Gasteiger partial charge in [-0.1, -0.05) is 65.7 Å². The molecule has 0 unspecified atom stereocenters. The van der Waals surface area contributed by atoms with Gasteiger partial charge in [0.15, 0.2) is 0 Å². The SMILES string of the molecule is CC(C)(C)CCNCCCCCCCCCCCN. The fourth-order valence-electron chi connectivity index (χ4n) is 2.22. The topological polar surface area (TPSA) is 38.0 Å². The van der Waals surface area contributed by atoms with Gasteiger partial charge >= 0.3 is 0 Å². The summed E-state index contributed by atoms with van der Waals surface area (Å²) in [5.41, 5.74) is 5.95. The largest absolute Gasteiger partial charge is 0.330 e. The molecule has 2 nitrogen and oxygen atoms in total. The molecule has 116 valence electrons. The molecule has 0 radical (unpaired) electrons. The molecule has 0 spiro atoms. The molecule has 0 aliphatic heterocycles. The van der Waals surface area contributed by atoms with E-state index >= 15 is 0 Å². The van der Waals surface area contributed by atoms with Crippen LogP contribution in [-0.4, -0.2) is 19.6 Å². The zero-order valence-corrected chi connectivity index (χ0v) is 13.8. The van der Waals surface area contributed by atoms with E-state index in [1.54, 1.807) is 0 Å². The second-order valence-corrected chi connectivity index (χ2v) is 7.03. The maximum atomic E-state index is 5.48. The first-order chi connectivity index (χ1) is 9.06. The summed E-state index contributed by atoms with van der Waals surface area (Å²) in [7, 11) is 0. The van der Waals surface area contributed by atoms with Crippen LogP contribution in [-0.2, 0) is 0 Å². The third-order valence-corrected chi connectivity index (χ3v) is 3.61. The van der Waals surface area contributed by atoms with Crippen molar-refractivity contribution in [3.05, 3.63) is 0 Å². The monoisotopic (exact) mass is 270 g/mol. The summed E-state index contributed by atoms with van der Waals surface area (Å²) in [5, 5.41) is 3.56. The molecule has 0 amide bonds. The molecular formula is C17H38N2. The van der Waals surface area contributed by atoms with E-state index in [1.807, 2.05) is 0 Å². The minimum atomic E-state index is 0.469. The van der Waals surface area contributed by atoms with Crippen molar-refractivity contribution in [3.8, 4) is 0 Å². The quantitative estimate of drug-likeness (QED) is 0.484. The fraction of sp³-hybridized carbons (Fsp3) is 1.00.